The van der Waals surface area contributed by atoms with E-state index >= 15 is 0 Å². The lowest BCUT2D eigenvalue weighted by Gasteiger charge is -2.14. The molecule has 0 aromatic carbocycles. The van der Waals surface area contributed by atoms with Crippen LogP contribution in [0.2, 0.25) is 0 Å². The van der Waals surface area contributed by atoms with Gasteiger partial charge in [0.2, 0.25) is 0 Å². The number of rotatable bonds is 6. The van der Waals surface area contributed by atoms with Crippen LogP contribution in [0, 0.1) is 0 Å². The van der Waals surface area contributed by atoms with Crippen LogP contribution in [0.4, 0.5) is 5.82 Å². The minimum absolute atomic E-state index is 0.0913. The third-order valence-corrected chi connectivity index (χ3v) is 3.93. The summed E-state index contributed by atoms with van der Waals surface area (Å²) in [5.74, 6) is 0.501. The monoisotopic (exact) mass is 360 g/mol. The van der Waals surface area contributed by atoms with Gasteiger partial charge in [-0.2, -0.15) is 0 Å². The Bertz CT molecular complexity index is 801. The van der Waals surface area contributed by atoms with Crippen molar-refractivity contribution >= 4 is 29.7 Å². The SMILES string of the molecule is CN(C)C=Nc1ncnc2c1ncn2[C@H]1C[C@H](N=CN(C)C)[C@@H](CO)O1. The van der Waals surface area contributed by atoms with Crippen LogP contribution in [-0.4, -0.2) is 94.0 Å². The number of imidazole rings is 1. The van der Waals surface area contributed by atoms with E-state index in [4.69, 9.17) is 4.74 Å². The molecule has 1 fully saturated rings. The maximum atomic E-state index is 9.61. The Labute approximate surface area is 151 Å². The minimum atomic E-state index is -0.360. The second-order valence-corrected chi connectivity index (χ2v) is 6.57. The molecule has 2 aromatic rings. The molecule has 0 radical (unpaired) electrons. The Balaban J connectivity index is 1.88. The molecule has 3 rings (SSSR count). The average molecular weight is 360 g/mol. The Morgan fingerprint density at radius 1 is 1.23 bits per heavy atom. The molecule has 0 amide bonds. The van der Waals surface area contributed by atoms with Gasteiger partial charge in [0.15, 0.2) is 17.0 Å². The second kappa shape index (κ2) is 7.75. The molecule has 1 N–H and O–H groups in total. The second-order valence-electron chi connectivity index (χ2n) is 6.57. The van der Waals surface area contributed by atoms with E-state index in [1.54, 1.807) is 19.0 Å². The first-order chi connectivity index (χ1) is 12.5. The zero-order chi connectivity index (χ0) is 18.7. The molecule has 26 heavy (non-hydrogen) atoms. The standard InChI is InChI=1S/C16H24N8O2/c1-22(2)8-19-11-5-13(26-12(11)6-25)24-10-20-14-15(21-9-23(3)4)17-7-18-16(14)24/h7-13,25H,5-6H2,1-4H3/t11-,12+,13+/m0/s1. The first-order valence-corrected chi connectivity index (χ1v) is 8.33. The summed E-state index contributed by atoms with van der Waals surface area (Å²) in [5, 5.41) is 9.61. The first-order valence-electron chi connectivity index (χ1n) is 8.33. The van der Waals surface area contributed by atoms with Crippen LogP contribution in [-0.2, 0) is 4.74 Å². The molecule has 1 saturated heterocycles. The summed E-state index contributed by atoms with van der Waals surface area (Å²) in [6, 6.07) is -0.127. The molecule has 3 atom stereocenters. The number of nitrogens with zero attached hydrogens (tertiary/aromatic N) is 8. The molecule has 0 unspecified atom stereocenters. The number of aromatic nitrogens is 4. The molecule has 10 nitrogen and oxygen atoms in total. The van der Waals surface area contributed by atoms with Crippen LogP contribution in [0.5, 0.6) is 0 Å². The van der Waals surface area contributed by atoms with Crippen molar-refractivity contribution in [1.29, 1.82) is 0 Å². The summed E-state index contributed by atoms with van der Waals surface area (Å²) in [7, 11) is 7.58. The fourth-order valence-electron chi connectivity index (χ4n) is 2.74. The van der Waals surface area contributed by atoms with Crippen LogP contribution in [0.1, 0.15) is 12.6 Å². The van der Waals surface area contributed by atoms with Gasteiger partial charge in [-0.05, 0) is 0 Å². The van der Waals surface area contributed by atoms with Gasteiger partial charge in [0.05, 0.1) is 31.7 Å². The van der Waals surface area contributed by atoms with Crippen molar-refractivity contribution < 1.29 is 9.84 Å². The fraction of sp³-hybridized carbons (Fsp3) is 0.562. The number of aliphatic hydroxyl groups excluding tert-OH is 1. The highest BCUT2D eigenvalue weighted by atomic mass is 16.5. The molecule has 0 bridgehead atoms. The highest BCUT2D eigenvalue weighted by molar-refractivity contribution is 5.82. The van der Waals surface area contributed by atoms with Crippen molar-refractivity contribution in [3.63, 3.8) is 0 Å². The van der Waals surface area contributed by atoms with E-state index < -0.39 is 0 Å². The molecule has 0 spiro atoms. The van der Waals surface area contributed by atoms with E-state index in [1.165, 1.54) is 6.33 Å². The van der Waals surface area contributed by atoms with Crippen LogP contribution in [0.15, 0.2) is 22.6 Å². The van der Waals surface area contributed by atoms with E-state index in [0.717, 1.165) is 0 Å². The normalized spacial score (nSPS) is 23.5. The molecular formula is C16H24N8O2. The summed E-state index contributed by atoms with van der Waals surface area (Å²) >= 11 is 0. The summed E-state index contributed by atoms with van der Waals surface area (Å²) in [5.41, 5.74) is 1.25. The van der Waals surface area contributed by atoms with Gasteiger partial charge in [-0.25, -0.2) is 19.9 Å². The number of hydrogen-bond acceptors (Lipinski definition) is 7. The molecule has 0 saturated carbocycles. The molecule has 140 valence electrons. The van der Waals surface area contributed by atoms with Gasteiger partial charge in [-0.1, -0.05) is 0 Å². The van der Waals surface area contributed by atoms with E-state index in [-0.39, 0.29) is 25.0 Å². The first kappa shape index (κ1) is 18.2. The lowest BCUT2D eigenvalue weighted by molar-refractivity contribution is -0.0232. The number of fused-ring (bicyclic) bond motifs is 1. The average Bonchev–Trinajstić information content (AvgIpc) is 3.21. The highest BCUT2D eigenvalue weighted by Crippen LogP contribution is 2.33. The summed E-state index contributed by atoms with van der Waals surface area (Å²) < 4.78 is 7.83. The van der Waals surface area contributed by atoms with Gasteiger partial charge < -0.3 is 19.6 Å². The Morgan fingerprint density at radius 3 is 2.69 bits per heavy atom. The van der Waals surface area contributed by atoms with Gasteiger partial charge in [-0.3, -0.25) is 9.56 Å². The zero-order valence-electron chi connectivity index (χ0n) is 15.4. The maximum Gasteiger partial charge on any atom is 0.184 e. The quantitative estimate of drug-likeness (QED) is 0.583. The van der Waals surface area contributed by atoms with Crippen LogP contribution >= 0.6 is 0 Å². The zero-order valence-corrected chi connectivity index (χ0v) is 15.4. The van der Waals surface area contributed by atoms with Gasteiger partial charge in [0, 0.05) is 34.6 Å². The van der Waals surface area contributed by atoms with Crippen molar-refractivity contribution in [3.8, 4) is 0 Å². The third-order valence-electron chi connectivity index (χ3n) is 3.93. The Kier molecular flexibility index (Phi) is 5.43. The topological polar surface area (TPSA) is 104 Å². The van der Waals surface area contributed by atoms with Crippen LogP contribution < -0.4 is 0 Å². The lowest BCUT2D eigenvalue weighted by Crippen LogP contribution is -2.24. The third kappa shape index (κ3) is 3.81. The van der Waals surface area contributed by atoms with Gasteiger partial charge in [0.25, 0.3) is 0 Å². The molecule has 1 aliphatic rings. The molecule has 2 aromatic heterocycles. The Morgan fingerprint density at radius 2 is 2.00 bits per heavy atom. The van der Waals surface area contributed by atoms with E-state index in [2.05, 4.69) is 24.9 Å². The van der Waals surface area contributed by atoms with Gasteiger partial charge in [-0.15, -0.1) is 0 Å². The van der Waals surface area contributed by atoms with E-state index in [0.29, 0.717) is 23.4 Å². The molecule has 1 aliphatic heterocycles. The van der Waals surface area contributed by atoms with Crippen LogP contribution in [0.3, 0.4) is 0 Å². The number of ether oxygens (including phenoxy) is 1. The van der Waals surface area contributed by atoms with Crippen molar-refractivity contribution in [2.45, 2.75) is 24.8 Å². The van der Waals surface area contributed by atoms with E-state index in [9.17, 15) is 5.11 Å². The molecular weight excluding hydrogens is 336 g/mol. The Hall–Kier alpha value is -2.59. The lowest BCUT2D eigenvalue weighted by atomic mass is 10.1. The number of hydrogen-bond donors (Lipinski definition) is 1. The van der Waals surface area contributed by atoms with Gasteiger partial charge >= 0.3 is 0 Å². The number of aliphatic hydroxyl groups is 1. The van der Waals surface area contributed by atoms with E-state index in [1.807, 2.05) is 42.6 Å². The highest BCUT2D eigenvalue weighted by Gasteiger charge is 2.36. The molecule has 10 heteroatoms. The van der Waals surface area contributed by atoms with Crippen molar-refractivity contribution in [2.75, 3.05) is 34.8 Å². The van der Waals surface area contributed by atoms with Crippen molar-refractivity contribution in [1.82, 2.24) is 29.3 Å². The summed E-state index contributed by atoms with van der Waals surface area (Å²) in [6.45, 7) is -0.0913. The number of aliphatic imine (C=N–C) groups is 2. The maximum absolute atomic E-state index is 9.61. The minimum Gasteiger partial charge on any atom is -0.394 e. The smallest absolute Gasteiger partial charge is 0.184 e. The van der Waals surface area contributed by atoms with Crippen LogP contribution in [0.25, 0.3) is 11.2 Å². The molecule has 0 aliphatic carbocycles. The largest absolute Gasteiger partial charge is 0.394 e. The fourth-order valence-corrected chi connectivity index (χ4v) is 2.74. The van der Waals surface area contributed by atoms with Crippen molar-refractivity contribution in [2.24, 2.45) is 9.98 Å². The predicted octanol–water partition coefficient (Wildman–Crippen LogP) is 0.286. The van der Waals surface area contributed by atoms with Crippen molar-refractivity contribution in [3.05, 3.63) is 12.7 Å². The summed E-state index contributed by atoms with van der Waals surface area (Å²) in [6.07, 6.45) is 6.50. The molecule has 3 heterocycles. The summed E-state index contributed by atoms with van der Waals surface area (Å²) in [4.78, 5) is 25.5. The predicted molar refractivity (Wildman–Crippen MR) is 98.7 cm³/mol. The van der Waals surface area contributed by atoms with Gasteiger partial charge in [0.1, 0.15) is 18.7 Å².